The molecule has 2 nitrogen and oxygen atoms in total. The summed E-state index contributed by atoms with van der Waals surface area (Å²) < 4.78 is 6.00. The van der Waals surface area contributed by atoms with Crippen molar-refractivity contribution in [2.45, 2.75) is 39.5 Å². The molecule has 0 aromatic heterocycles. The lowest BCUT2D eigenvalue weighted by atomic mass is 9.95. The van der Waals surface area contributed by atoms with Crippen LogP contribution in [0.25, 0.3) is 10.6 Å². The molecule has 0 atom stereocenters. The first-order chi connectivity index (χ1) is 16.2. The van der Waals surface area contributed by atoms with Crippen LogP contribution < -0.4 is 4.74 Å². The fourth-order valence-electron chi connectivity index (χ4n) is 3.99. The lowest BCUT2D eigenvalue weighted by Crippen LogP contribution is -2.23. The Labute approximate surface area is 204 Å². The molecular formula is C30H36ClNO. The van der Waals surface area contributed by atoms with Crippen LogP contribution in [0.5, 0.6) is 5.75 Å². The Morgan fingerprint density at radius 2 is 1.21 bits per heavy atom. The molecule has 0 saturated carbocycles. The second-order valence-electron chi connectivity index (χ2n) is 8.23. The van der Waals surface area contributed by atoms with E-state index in [-0.39, 0.29) is 0 Å². The zero-order valence-electron chi connectivity index (χ0n) is 20.0. The summed E-state index contributed by atoms with van der Waals surface area (Å²) in [6.45, 7) is 8.73. The van der Waals surface area contributed by atoms with Gasteiger partial charge in [-0.1, -0.05) is 111 Å². The van der Waals surface area contributed by atoms with Crippen LogP contribution in [0.3, 0.4) is 0 Å². The minimum Gasteiger partial charge on any atom is -0.494 e. The maximum atomic E-state index is 6.91. The Balaban J connectivity index is 1.60. The maximum absolute atomic E-state index is 6.91. The zero-order chi connectivity index (χ0) is 23.3. The highest BCUT2D eigenvalue weighted by molar-refractivity contribution is 6.53. The van der Waals surface area contributed by atoms with Gasteiger partial charge in [-0.2, -0.15) is 0 Å². The summed E-state index contributed by atoms with van der Waals surface area (Å²) >= 11 is 6.91. The molecule has 3 aromatic rings. The van der Waals surface area contributed by atoms with Gasteiger partial charge in [0.15, 0.2) is 0 Å². The van der Waals surface area contributed by atoms with Gasteiger partial charge in [-0.05, 0) is 61.3 Å². The zero-order valence-corrected chi connectivity index (χ0v) is 20.7. The average molecular weight is 462 g/mol. The van der Waals surface area contributed by atoms with Crippen LogP contribution in [0.15, 0.2) is 84.9 Å². The Hall–Kier alpha value is -2.55. The van der Waals surface area contributed by atoms with Gasteiger partial charge in [0.25, 0.3) is 0 Å². The summed E-state index contributed by atoms with van der Waals surface area (Å²) in [6.07, 6.45) is 4.84. The summed E-state index contributed by atoms with van der Waals surface area (Å²) in [5.74, 6) is 0.908. The molecule has 0 fully saturated rings. The van der Waals surface area contributed by atoms with Crippen molar-refractivity contribution in [1.82, 2.24) is 4.90 Å². The summed E-state index contributed by atoms with van der Waals surface area (Å²) in [7, 11) is 0. The quantitative estimate of drug-likeness (QED) is 0.188. The lowest BCUT2D eigenvalue weighted by Gasteiger charge is -2.17. The van der Waals surface area contributed by atoms with Crippen molar-refractivity contribution in [1.29, 1.82) is 0 Å². The van der Waals surface area contributed by atoms with Crippen LogP contribution in [-0.2, 0) is 0 Å². The molecule has 0 unspecified atom stereocenters. The third-order valence-electron chi connectivity index (χ3n) is 5.98. The van der Waals surface area contributed by atoms with E-state index >= 15 is 0 Å². The highest BCUT2D eigenvalue weighted by Gasteiger charge is 2.12. The van der Waals surface area contributed by atoms with Gasteiger partial charge in [-0.3, -0.25) is 0 Å². The molecule has 0 bridgehead atoms. The average Bonchev–Trinajstić information content (AvgIpc) is 2.88. The third-order valence-corrected chi connectivity index (χ3v) is 6.39. The SMILES string of the molecule is CCN(CC)CCCCCCOc1ccc(/C(=C(/Cl)c2ccccc2)c2ccccc2)cc1. The number of rotatable bonds is 13. The summed E-state index contributed by atoms with van der Waals surface area (Å²) in [5.41, 5.74) is 4.23. The smallest absolute Gasteiger partial charge is 0.119 e. The van der Waals surface area contributed by atoms with E-state index in [1.165, 1.54) is 25.8 Å². The minimum absolute atomic E-state index is 0.750. The largest absolute Gasteiger partial charge is 0.494 e. The highest BCUT2D eigenvalue weighted by atomic mass is 35.5. The van der Waals surface area contributed by atoms with Crippen LogP contribution in [0, 0.1) is 0 Å². The van der Waals surface area contributed by atoms with E-state index < -0.39 is 0 Å². The van der Waals surface area contributed by atoms with Crippen molar-refractivity contribution in [3.63, 3.8) is 0 Å². The number of benzene rings is 3. The molecule has 0 spiro atoms. The standard InChI is InChI=1S/C30H36ClNO/c1-3-32(4-2)23-13-5-6-14-24-33-28-21-19-26(20-22-28)29(25-15-9-7-10-16-25)30(31)27-17-11-8-12-18-27/h7-12,15-22H,3-6,13-14,23-24H2,1-2H3/b30-29+. The molecule has 0 amide bonds. The Bertz CT molecular complexity index is 963. The first-order valence-corrected chi connectivity index (χ1v) is 12.6. The lowest BCUT2D eigenvalue weighted by molar-refractivity contribution is 0.284. The summed E-state index contributed by atoms with van der Waals surface area (Å²) in [6, 6.07) is 28.8. The van der Waals surface area contributed by atoms with Gasteiger partial charge in [-0.15, -0.1) is 0 Å². The normalized spacial score (nSPS) is 12.0. The molecule has 0 aliphatic heterocycles. The van der Waals surface area contributed by atoms with Gasteiger partial charge in [0.05, 0.1) is 11.6 Å². The number of ether oxygens (including phenoxy) is 1. The molecule has 0 aliphatic carbocycles. The van der Waals surface area contributed by atoms with Gasteiger partial charge in [0, 0.05) is 5.57 Å². The number of hydrogen-bond acceptors (Lipinski definition) is 2. The number of hydrogen-bond donors (Lipinski definition) is 0. The minimum atomic E-state index is 0.750. The fourth-order valence-corrected chi connectivity index (χ4v) is 4.34. The van der Waals surface area contributed by atoms with Crippen LogP contribution in [-0.4, -0.2) is 31.1 Å². The topological polar surface area (TPSA) is 12.5 Å². The van der Waals surface area contributed by atoms with Crippen molar-refractivity contribution >= 4 is 22.2 Å². The van der Waals surface area contributed by atoms with Crippen molar-refractivity contribution in [2.75, 3.05) is 26.2 Å². The molecule has 0 heterocycles. The second-order valence-corrected chi connectivity index (χ2v) is 8.61. The fraction of sp³-hybridized carbons (Fsp3) is 0.333. The number of halogens is 1. The van der Waals surface area contributed by atoms with Crippen LogP contribution >= 0.6 is 11.6 Å². The Morgan fingerprint density at radius 3 is 1.82 bits per heavy atom. The van der Waals surface area contributed by atoms with E-state index in [4.69, 9.17) is 16.3 Å². The van der Waals surface area contributed by atoms with Crippen LogP contribution in [0.2, 0.25) is 0 Å². The van der Waals surface area contributed by atoms with E-state index in [0.29, 0.717) is 0 Å². The molecule has 0 aliphatic rings. The number of nitrogens with zero attached hydrogens (tertiary/aromatic N) is 1. The maximum Gasteiger partial charge on any atom is 0.119 e. The van der Waals surface area contributed by atoms with Gasteiger partial charge in [-0.25, -0.2) is 0 Å². The molecular weight excluding hydrogens is 426 g/mol. The Morgan fingerprint density at radius 1 is 0.667 bits per heavy atom. The molecule has 0 radical (unpaired) electrons. The van der Waals surface area contributed by atoms with Crippen molar-refractivity contribution in [2.24, 2.45) is 0 Å². The van der Waals surface area contributed by atoms with E-state index in [2.05, 4.69) is 43.0 Å². The molecule has 3 aromatic carbocycles. The molecule has 0 saturated heterocycles. The van der Waals surface area contributed by atoms with Gasteiger partial charge < -0.3 is 9.64 Å². The molecule has 3 heteroatoms. The van der Waals surface area contributed by atoms with Crippen molar-refractivity contribution < 1.29 is 4.74 Å². The monoisotopic (exact) mass is 461 g/mol. The van der Waals surface area contributed by atoms with E-state index in [1.807, 2.05) is 60.7 Å². The predicted octanol–water partition coefficient (Wildman–Crippen LogP) is 8.12. The summed E-state index contributed by atoms with van der Waals surface area (Å²) in [4.78, 5) is 2.49. The first-order valence-electron chi connectivity index (χ1n) is 12.2. The van der Waals surface area contributed by atoms with Crippen molar-refractivity contribution in [3.05, 3.63) is 102 Å². The van der Waals surface area contributed by atoms with E-state index in [0.717, 1.165) is 59.2 Å². The highest BCUT2D eigenvalue weighted by Crippen LogP contribution is 2.35. The molecule has 3 rings (SSSR count). The Kier molecular flexibility index (Phi) is 10.5. The molecule has 0 N–H and O–H groups in total. The first kappa shape index (κ1) is 25.1. The number of unbranched alkanes of at least 4 members (excludes halogenated alkanes) is 3. The summed E-state index contributed by atoms with van der Waals surface area (Å²) in [5, 5.41) is 0.750. The van der Waals surface area contributed by atoms with Gasteiger partial charge >= 0.3 is 0 Å². The third kappa shape index (κ3) is 7.77. The van der Waals surface area contributed by atoms with Crippen molar-refractivity contribution in [3.8, 4) is 5.75 Å². The van der Waals surface area contributed by atoms with Gasteiger partial charge in [0.1, 0.15) is 5.75 Å². The van der Waals surface area contributed by atoms with Crippen LogP contribution in [0.1, 0.15) is 56.2 Å². The van der Waals surface area contributed by atoms with E-state index in [1.54, 1.807) is 0 Å². The second kappa shape index (κ2) is 13.9. The van der Waals surface area contributed by atoms with Gasteiger partial charge in [0.2, 0.25) is 0 Å². The predicted molar refractivity (Wildman–Crippen MR) is 143 cm³/mol. The molecule has 33 heavy (non-hydrogen) atoms. The van der Waals surface area contributed by atoms with Crippen LogP contribution in [0.4, 0.5) is 0 Å². The molecule has 174 valence electrons. The van der Waals surface area contributed by atoms with E-state index in [9.17, 15) is 0 Å².